The molecule has 7 heteroatoms. The van der Waals surface area contributed by atoms with Gasteiger partial charge in [0.15, 0.2) is 0 Å². The Morgan fingerprint density at radius 3 is 2.24 bits per heavy atom. The van der Waals surface area contributed by atoms with Gasteiger partial charge in [-0.15, -0.1) is 0 Å². The molecular weight excluding hydrogens is 520 g/mol. The second-order valence-corrected chi connectivity index (χ2v) is 8.80. The third kappa shape index (κ3) is 3.97. The summed E-state index contributed by atoms with van der Waals surface area (Å²) in [6.45, 7) is 0.451. The molecule has 4 nitrogen and oxygen atoms in total. The van der Waals surface area contributed by atoms with Gasteiger partial charge in [0, 0.05) is 14.0 Å². The molecule has 1 heterocycles. The Kier molecular flexibility index (Phi) is 5.76. The topological polar surface area (TPSA) is 44.0 Å². The molecule has 0 saturated carbocycles. The molecular formula is C22H15Br2ClN2O2. The lowest BCUT2D eigenvalue weighted by Gasteiger charge is -2.16. The van der Waals surface area contributed by atoms with Gasteiger partial charge in [-0.3, -0.25) is 13.9 Å². The Bertz CT molecular complexity index is 1330. The van der Waals surface area contributed by atoms with Crippen LogP contribution in [0.2, 0.25) is 5.02 Å². The monoisotopic (exact) mass is 532 g/mol. The summed E-state index contributed by atoms with van der Waals surface area (Å²) >= 11 is 13.2. The van der Waals surface area contributed by atoms with Crippen LogP contribution in [0.25, 0.3) is 10.9 Å². The number of hydrogen-bond acceptors (Lipinski definition) is 2. The van der Waals surface area contributed by atoms with E-state index in [1.54, 1.807) is 22.8 Å². The van der Waals surface area contributed by atoms with E-state index in [-0.39, 0.29) is 17.8 Å². The van der Waals surface area contributed by atoms with Crippen LogP contribution in [-0.2, 0) is 13.1 Å². The molecule has 1 aromatic heterocycles. The smallest absolute Gasteiger partial charge is 0.289 e. The summed E-state index contributed by atoms with van der Waals surface area (Å²) in [5.74, 6) is 0. The van der Waals surface area contributed by atoms with Crippen molar-refractivity contribution in [3.63, 3.8) is 0 Å². The minimum absolute atomic E-state index is 0.102. The van der Waals surface area contributed by atoms with Crippen LogP contribution < -0.4 is 11.2 Å². The zero-order chi connectivity index (χ0) is 20.5. The first kappa shape index (κ1) is 20.1. The van der Waals surface area contributed by atoms with E-state index in [2.05, 4.69) is 31.9 Å². The van der Waals surface area contributed by atoms with E-state index in [0.717, 1.165) is 10.0 Å². The second kappa shape index (κ2) is 8.30. The summed E-state index contributed by atoms with van der Waals surface area (Å²) in [6, 6.07) is 20.5. The van der Waals surface area contributed by atoms with Crippen LogP contribution in [-0.4, -0.2) is 9.13 Å². The fourth-order valence-electron chi connectivity index (χ4n) is 3.31. The lowest BCUT2D eigenvalue weighted by Crippen LogP contribution is -2.40. The summed E-state index contributed by atoms with van der Waals surface area (Å²) in [6.07, 6.45) is 0. The number of benzene rings is 3. The molecule has 29 heavy (non-hydrogen) atoms. The Morgan fingerprint density at radius 1 is 0.828 bits per heavy atom. The van der Waals surface area contributed by atoms with E-state index < -0.39 is 0 Å². The van der Waals surface area contributed by atoms with E-state index in [1.807, 2.05) is 48.5 Å². The highest BCUT2D eigenvalue weighted by Gasteiger charge is 2.17. The van der Waals surface area contributed by atoms with Crippen molar-refractivity contribution in [2.24, 2.45) is 0 Å². The summed E-state index contributed by atoms with van der Waals surface area (Å²) in [5.41, 5.74) is 1.52. The van der Waals surface area contributed by atoms with E-state index in [9.17, 15) is 9.59 Å². The van der Waals surface area contributed by atoms with Gasteiger partial charge in [-0.25, -0.2) is 4.79 Å². The van der Waals surface area contributed by atoms with E-state index in [0.29, 0.717) is 32.5 Å². The van der Waals surface area contributed by atoms with Gasteiger partial charge in [0.25, 0.3) is 5.56 Å². The second-order valence-electron chi connectivity index (χ2n) is 6.62. The fourth-order valence-corrected chi connectivity index (χ4v) is 4.88. The van der Waals surface area contributed by atoms with Gasteiger partial charge in [-0.2, -0.15) is 0 Å². The summed E-state index contributed by atoms with van der Waals surface area (Å²) < 4.78 is 4.27. The lowest BCUT2D eigenvalue weighted by molar-refractivity contribution is 0.635. The molecule has 0 radical (unpaired) electrons. The molecule has 0 spiro atoms. The zero-order valence-electron chi connectivity index (χ0n) is 15.1. The largest absolute Gasteiger partial charge is 0.332 e. The average molecular weight is 535 g/mol. The van der Waals surface area contributed by atoms with E-state index in [1.165, 1.54) is 4.57 Å². The quantitative estimate of drug-likeness (QED) is 0.350. The molecule has 0 N–H and O–H groups in total. The first-order valence-corrected chi connectivity index (χ1v) is 10.8. The molecule has 0 atom stereocenters. The molecule has 4 aromatic rings. The number of rotatable bonds is 4. The molecule has 0 aliphatic rings. The van der Waals surface area contributed by atoms with Crippen LogP contribution >= 0.6 is 43.5 Å². The van der Waals surface area contributed by atoms with Crippen molar-refractivity contribution in [2.75, 3.05) is 0 Å². The number of hydrogen-bond donors (Lipinski definition) is 0. The van der Waals surface area contributed by atoms with Gasteiger partial charge in [-0.05, 0) is 45.3 Å². The molecule has 3 aromatic carbocycles. The zero-order valence-corrected chi connectivity index (χ0v) is 19.0. The van der Waals surface area contributed by atoms with E-state index >= 15 is 0 Å². The number of aromatic nitrogens is 2. The molecule has 0 unspecified atom stereocenters. The van der Waals surface area contributed by atoms with Gasteiger partial charge < -0.3 is 0 Å². The predicted octanol–water partition coefficient (Wildman–Crippen LogP) is 5.44. The lowest BCUT2D eigenvalue weighted by atomic mass is 10.2. The maximum Gasteiger partial charge on any atom is 0.332 e. The van der Waals surface area contributed by atoms with Gasteiger partial charge in [0.05, 0.1) is 24.0 Å². The standard InChI is InChI=1S/C22H15Br2ClN2O2/c23-16-10-17(24)20-19(11-16)26(12-14-6-2-1-3-7-14)22(29)27(21(20)28)13-15-8-4-5-9-18(15)25/h1-11H,12-13H2. The molecule has 0 fully saturated rings. The highest BCUT2D eigenvalue weighted by molar-refractivity contribution is 9.11. The first-order valence-electron chi connectivity index (χ1n) is 8.85. The predicted molar refractivity (Wildman–Crippen MR) is 124 cm³/mol. The van der Waals surface area contributed by atoms with Crippen molar-refractivity contribution < 1.29 is 0 Å². The average Bonchev–Trinajstić information content (AvgIpc) is 2.70. The number of nitrogens with zero attached hydrogens (tertiary/aromatic N) is 2. The highest BCUT2D eigenvalue weighted by atomic mass is 79.9. The van der Waals surface area contributed by atoms with Gasteiger partial charge in [0.2, 0.25) is 0 Å². The van der Waals surface area contributed by atoms with Crippen molar-refractivity contribution in [3.8, 4) is 0 Å². The fraction of sp³-hybridized carbons (Fsp3) is 0.0909. The molecule has 0 bridgehead atoms. The van der Waals surface area contributed by atoms with Gasteiger partial charge in [-0.1, -0.05) is 76.1 Å². The maximum atomic E-state index is 13.4. The van der Waals surface area contributed by atoms with E-state index in [4.69, 9.17) is 11.6 Å². The Hall–Kier alpha value is -2.15. The van der Waals surface area contributed by atoms with Crippen LogP contribution in [0.1, 0.15) is 11.1 Å². The summed E-state index contributed by atoms with van der Waals surface area (Å²) in [5, 5.41) is 0.971. The van der Waals surface area contributed by atoms with Gasteiger partial charge in [0.1, 0.15) is 0 Å². The van der Waals surface area contributed by atoms with Crippen LogP contribution in [0, 0.1) is 0 Å². The minimum atomic E-state index is -0.378. The molecule has 4 rings (SSSR count). The number of halogens is 3. The van der Waals surface area contributed by atoms with Crippen LogP contribution in [0.4, 0.5) is 0 Å². The molecule has 0 amide bonds. The van der Waals surface area contributed by atoms with Crippen molar-refractivity contribution >= 4 is 54.4 Å². The first-order chi connectivity index (χ1) is 14.0. The third-order valence-corrected chi connectivity index (χ3v) is 6.17. The molecule has 0 saturated heterocycles. The van der Waals surface area contributed by atoms with Crippen molar-refractivity contribution in [1.82, 2.24) is 9.13 Å². The highest BCUT2D eigenvalue weighted by Crippen LogP contribution is 2.26. The SMILES string of the molecule is O=c1c2c(Br)cc(Br)cc2n(Cc2ccccc2)c(=O)n1Cc1ccccc1Cl. The molecule has 146 valence electrons. The van der Waals surface area contributed by atoms with Crippen molar-refractivity contribution in [3.05, 3.63) is 113 Å². The molecule has 0 aliphatic heterocycles. The Balaban J connectivity index is 2.01. The van der Waals surface area contributed by atoms with Crippen molar-refractivity contribution in [1.29, 1.82) is 0 Å². The van der Waals surface area contributed by atoms with Crippen molar-refractivity contribution in [2.45, 2.75) is 13.1 Å². The summed E-state index contributed by atoms with van der Waals surface area (Å²) in [7, 11) is 0. The number of fused-ring (bicyclic) bond motifs is 1. The normalized spacial score (nSPS) is 11.1. The van der Waals surface area contributed by atoms with Crippen LogP contribution in [0.3, 0.4) is 0 Å². The third-order valence-electron chi connectivity index (χ3n) is 4.72. The maximum absolute atomic E-state index is 13.4. The van der Waals surface area contributed by atoms with Crippen LogP contribution in [0.5, 0.6) is 0 Å². The van der Waals surface area contributed by atoms with Crippen LogP contribution in [0.15, 0.2) is 85.3 Å². The summed E-state index contributed by atoms with van der Waals surface area (Å²) in [4.78, 5) is 26.7. The Morgan fingerprint density at radius 2 is 1.52 bits per heavy atom. The molecule has 0 aliphatic carbocycles. The Labute approximate surface area is 188 Å². The minimum Gasteiger partial charge on any atom is -0.289 e. The van der Waals surface area contributed by atoms with Gasteiger partial charge >= 0.3 is 5.69 Å².